The predicted octanol–water partition coefficient (Wildman–Crippen LogP) is 1.66. The summed E-state index contributed by atoms with van der Waals surface area (Å²) in [6, 6.07) is 7.51. The minimum Gasteiger partial charge on any atom is -0.618 e. The molecule has 1 N–H and O–H groups in total. The van der Waals surface area contributed by atoms with E-state index in [1.807, 2.05) is 24.3 Å². The van der Waals surface area contributed by atoms with Gasteiger partial charge in [-0.25, -0.2) is 4.98 Å². The Kier molecular flexibility index (Phi) is 2.17. The molecule has 4 nitrogen and oxygen atoms in total. The summed E-state index contributed by atoms with van der Waals surface area (Å²) in [4.78, 5) is 4.58. The molecule has 1 aromatic heterocycles. The molecule has 2 aromatic rings. The molecule has 4 rings (SSSR count). The second-order valence-electron chi connectivity index (χ2n) is 5.23. The number of fused-ring (bicyclic) bond motifs is 4. The Hall–Kier alpha value is -1.94. The van der Waals surface area contributed by atoms with Gasteiger partial charge < -0.3 is 10.3 Å². The lowest BCUT2D eigenvalue weighted by atomic mass is 9.99. The number of benzene rings is 1. The molecule has 4 heteroatoms. The molecule has 0 saturated heterocycles. The molecular weight excluding hydrogens is 240 g/mol. The fraction of sp³-hybridized carbons (Fsp3) is 0.333. The van der Waals surface area contributed by atoms with Crippen LogP contribution in [0.1, 0.15) is 41.6 Å². The number of aryl methyl sites for hydroxylation is 1. The molecular formula is C15H14N2O2. The summed E-state index contributed by atoms with van der Waals surface area (Å²) in [7, 11) is 0. The van der Waals surface area contributed by atoms with Crippen molar-refractivity contribution < 1.29 is 9.84 Å². The van der Waals surface area contributed by atoms with Crippen molar-refractivity contribution in [1.29, 1.82) is 0 Å². The fourth-order valence-corrected chi connectivity index (χ4v) is 3.19. The third-order valence-electron chi connectivity index (χ3n) is 4.13. The van der Waals surface area contributed by atoms with Gasteiger partial charge in [0, 0.05) is 12.0 Å². The van der Waals surface area contributed by atoms with Crippen molar-refractivity contribution in [3.8, 4) is 11.3 Å². The predicted molar refractivity (Wildman–Crippen MR) is 69.3 cm³/mol. The zero-order valence-corrected chi connectivity index (χ0v) is 10.5. The molecule has 0 spiro atoms. The molecule has 2 aliphatic rings. The Morgan fingerprint density at radius 2 is 2.00 bits per heavy atom. The molecule has 0 unspecified atom stereocenters. The molecule has 0 aliphatic heterocycles. The summed E-state index contributed by atoms with van der Waals surface area (Å²) in [5.74, 6) is 0. The Balaban J connectivity index is 2.04. The van der Waals surface area contributed by atoms with Crippen molar-refractivity contribution in [3.05, 3.63) is 52.1 Å². The molecule has 0 bridgehead atoms. The SMILES string of the molecule is [O-][n+]1c2c(nc3c1-c1ccccc1[C@@H]3O)CCCC2. The van der Waals surface area contributed by atoms with Crippen LogP contribution in [0.5, 0.6) is 0 Å². The van der Waals surface area contributed by atoms with Crippen LogP contribution in [0, 0.1) is 5.21 Å². The van der Waals surface area contributed by atoms with Gasteiger partial charge in [0.25, 0.3) is 0 Å². The van der Waals surface area contributed by atoms with E-state index >= 15 is 0 Å². The van der Waals surface area contributed by atoms with E-state index < -0.39 is 6.10 Å². The van der Waals surface area contributed by atoms with Crippen LogP contribution in [0.4, 0.5) is 0 Å². The minimum absolute atomic E-state index is 0.525. The van der Waals surface area contributed by atoms with E-state index in [0.29, 0.717) is 11.4 Å². The first-order chi connectivity index (χ1) is 9.27. The van der Waals surface area contributed by atoms with E-state index in [2.05, 4.69) is 4.98 Å². The van der Waals surface area contributed by atoms with E-state index in [9.17, 15) is 10.3 Å². The second-order valence-corrected chi connectivity index (χ2v) is 5.23. The Bertz CT molecular complexity index is 682. The number of nitrogens with zero attached hydrogens (tertiary/aromatic N) is 2. The van der Waals surface area contributed by atoms with Crippen LogP contribution in [0.3, 0.4) is 0 Å². The average molecular weight is 254 g/mol. The molecule has 0 radical (unpaired) electrons. The zero-order chi connectivity index (χ0) is 13.0. The zero-order valence-electron chi connectivity index (χ0n) is 10.5. The van der Waals surface area contributed by atoms with Gasteiger partial charge in [-0.1, -0.05) is 18.2 Å². The van der Waals surface area contributed by atoms with E-state index in [1.54, 1.807) is 0 Å². The molecule has 0 amide bonds. The van der Waals surface area contributed by atoms with Gasteiger partial charge in [-0.05, 0) is 25.3 Å². The quantitative estimate of drug-likeness (QED) is 0.574. The average Bonchev–Trinajstić information content (AvgIpc) is 2.74. The van der Waals surface area contributed by atoms with Crippen LogP contribution in [-0.4, -0.2) is 10.1 Å². The van der Waals surface area contributed by atoms with Crippen LogP contribution in [-0.2, 0) is 12.8 Å². The van der Waals surface area contributed by atoms with E-state index in [0.717, 1.165) is 52.9 Å². The van der Waals surface area contributed by atoms with Crippen LogP contribution < -0.4 is 4.73 Å². The first kappa shape index (κ1) is 10.9. The topological polar surface area (TPSA) is 60.1 Å². The van der Waals surface area contributed by atoms with Crippen LogP contribution in [0.15, 0.2) is 24.3 Å². The largest absolute Gasteiger partial charge is 0.618 e. The van der Waals surface area contributed by atoms with Crippen LogP contribution >= 0.6 is 0 Å². The molecule has 1 atom stereocenters. The molecule has 19 heavy (non-hydrogen) atoms. The molecule has 1 aromatic carbocycles. The minimum atomic E-state index is -0.765. The molecule has 0 fully saturated rings. The summed E-state index contributed by atoms with van der Waals surface area (Å²) < 4.78 is 1.01. The number of hydrogen-bond donors (Lipinski definition) is 1. The number of rotatable bonds is 0. The van der Waals surface area contributed by atoms with Gasteiger partial charge >= 0.3 is 0 Å². The lowest BCUT2D eigenvalue weighted by Gasteiger charge is -2.16. The van der Waals surface area contributed by atoms with Crippen LogP contribution in [0.2, 0.25) is 0 Å². The highest BCUT2D eigenvalue weighted by molar-refractivity contribution is 5.71. The first-order valence-electron chi connectivity index (χ1n) is 6.70. The van der Waals surface area contributed by atoms with Crippen LogP contribution in [0.25, 0.3) is 11.3 Å². The Labute approximate surface area is 110 Å². The first-order valence-corrected chi connectivity index (χ1v) is 6.70. The summed E-state index contributed by atoms with van der Waals surface area (Å²) >= 11 is 0. The van der Waals surface area contributed by atoms with Crippen molar-refractivity contribution in [2.45, 2.75) is 31.8 Å². The van der Waals surface area contributed by atoms with Gasteiger partial charge in [0.05, 0.1) is 5.56 Å². The van der Waals surface area contributed by atoms with E-state index in [-0.39, 0.29) is 0 Å². The molecule has 96 valence electrons. The molecule has 1 heterocycles. The van der Waals surface area contributed by atoms with Crippen molar-refractivity contribution in [3.63, 3.8) is 0 Å². The molecule has 2 aliphatic carbocycles. The highest BCUT2D eigenvalue weighted by Crippen LogP contribution is 2.40. The Morgan fingerprint density at radius 1 is 1.21 bits per heavy atom. The van der Waals surface area contributed by atoms with Crippen molar-refractivity contribution >= 4 is 0 Å². The summed E-state index contributed by atoms with van der Waals surface area (Å²) in [5.41, 5.74) is 4.33. The standard InChI is InChI=1S/C15H14N2O2/c18-15-10-6-2-1-5-9(10)14-13(15)16-11-7-3-4-8-12(11)17(14)19/h1-2,5-6,15,18H,3-4,7-8H2/t15-/m0/s1. The highest BCUT2D eigenvalue weighted by Gasteiger charge is 2.37. The maximum Gasteiger partial charge on any atom is 0.249 e. The number of aliphatic hydroxyl groups excluding tert-OH is 1. The fourth-order valence-electron chi connectivity index (χ4n) is 3.19. The van der Waals surface area contributed by atoms with Crippen molar-refractivity contribution in [2.75, 3.05) is 0 Å². The smallest absolute Gasteiger partial charge is 0.249 e. The van der Waals surface area contributed by atoms with Gasteiger partial charge in [-0.15, -0.1) is 0 Å². The lowest BCUT2D eigenvalue weighted by molar-refractivity contribution is -0.604. The maximum absolute atomic E-state index is 12.6. The lowest BCUT2D eigenvalue weighted by Crippen LogP contribution is -2.38. The summed E-state index contributed by atoms with van der Waals surface area (Å²) in [6.07, 6.45) is 2.98. The normalized spacial score (nSPS) is 19.7. The number of aromatic nitrogens is 2. The number of hydrogen-bond acceptors (Lipinski definition) is 3. The van der Waals surface area contributed by atoms with Crippen molar-refractivity contribution in [2.24, 2.45) is 0 Å². The van der Waals surface area contributed by atoms with Gasteiger partial charge in [0.15, 0.2) is 0 Å². The maximum atomic E-state index is 12.6. The highest BCUT2D eigenvalue weighted by atomic mass is 16.5. The van der Waals surface area contributed by atoms with Gasteiger partial charge in [0.1, 0.15) is 17.5 Å². The van der Waals surface area contributed by atoms with Gasteiger partial charge in [-0.3, -0.25) is 0 Å². The summed E-state index contributed by atoms with van der Waals surface area (Å²) in [5, 5.41) is 22.9. The van der Waals surface area contributed by atoms with Gasteiger partial charge in [0.2, 0.25) is 11.4 Å². The monoisotopic (exact) mass is 254 g/mol. The third kappa shape index (κ3) is 1.37. The molecule has 0 saturated carbocycles. The number of aliphatic hydroxyl groups is 1. The summed E-state index contributed by atoms with van der Waals surface area (Å²) in [6.45, 7) is 0. The second kappa shape index (κ2) is 3.78. The van der Waals surface area contributed by atoms with Gasteiger partial charge in [-0.2, -0.15) is 4.73 Å². The van der Waals surface area contributed by atoms with Crippen molar-refractivity contribution in [1.82, 2.24) is 4.98 Å². The van der Waals surface area contributed by atoms with E-state index in [4.69, 9.17) is 0 Å². The van der Waals surface area contributed by atoms with E-state index in [1.165, 1.54) is 0 Å². The third-order valence-corrected chi connectivity index (χ3v) is 4.13. The Morgan fingerprint density at radius 3 is 2.89 bits per heavy atom.